The minimum atomic E-state index is -0.952. The number of carboxylic acids is 1. The third-order valence-electron chi connectivity index (χ3n) is 5.19. The van der Waals surface area contributed by atoms with E-state index in [9.17, 15) is 19.5 Å². The number of benzene rings is 1. The number of carboxylic acid groups (broad SMARTS) is 1. The Morgan fingerprint density at radius 1 is 1.15 bits per heavy atom. The second-order valence-electron chi connectivity index (χ2n) is 8.31. The topological polar surface area (TPSA) is 86.7 Å². The highest BCUT2D eigenvalue weighted by Crippen LogP contribution is 2.26. The van der Waals surface area contributed by atoms with E-state index in [1.807, 2.05) is 24.3 Å². The summed E-state index contributed by atoms with van der Waals surface area (Å²) in [5.41, 5.74) is 1.96. The molecule has 6 heteroatoms. The minimum Gasteiger partial charge on any atom is -0.481 e. The minimum absolute atomic E-state index is 0.00869. The molecule has 0 saturated carbocycles. The summed E-state index contributed by atoms with van der Waals surface area (Å²) < 4.78 is 0. The van der Waals surface area contributed by atoms with E-state index in [2.05, 4.69) is 26.1 Å². The number of carbonyl (C=O) groups excluding carboxylic acids is 2. The quantitative estimate of drug-likeness (QED) is 0.830. The molecule has 2 N–H and O–H groups in total. The van der Waals surface area contributed by atoms with Crippen molar-refractivity contribution in [2.24, 2.45) is 5.92 Å². The summed E-state index contributed by atoms with van der Waals surface area (Å²) in [6.07, 6.45) is 1.05. The fraction of sp³-hybridized carbons (Fsp3) is 0.571. The Hall–Kier alpha value is -2.37. The summed E-state index contributed by atoms with van der Waals surface area (Å²) >= 11 is 0. The van der Waals surface area contributed by atoms with Gasteiger partial charge in [0.25, 0.3) is 0 Å². The molecule has 1 atom stereocenters. The number of amides is 2. The van der Waals surface area contributed by atoms with Crippen LogP contribution in [0.2, 0.25) is 0 Å². The van der Waals surface area contributed by atoms with Crippen LogP contribution >= 0.6 is 0 Å². The lowest BCUT2D eigenvalue weighted by Crippen LogP contribution is -2.43. The molecular formula is C21H30N2O4. The van der Waals surface area contributed by atoms with Crippen LogP contribution < -0.4 is 5.32 Å². The molecule has 0 aromatic heterocycles. The third kappa shape index (κ3) is 5.81. The van der Waals surface area contributed by atoms with Gasteiger partial charge in [0.15, 0.2) is 0 Å². The molecule has 1 aliphatic rings. The SMILES string of the molecule is CC(=O)N1CCC(C(=O)NC(CC(=O)O)c2ccc(C(C)(C)C)cc2)CC1. The lowest BCUT2D eigenvalue weighted by atomic mass is 9.86. The molecule has 2 rings (SSSR count). The maximum Gasteiger partial charge on any atom is 0.305 e. The molecule has 0 radical (unpaired) electrons. The Labute approximate surface area is 160 Å². The standard InChI is InChI=1S/C21H30N2O4/c1-14(24)23-11-9-16(10-12-23)20(27)22-18(13-19(25)26)15-5-7-17(8-6-15)21(2,3)4/h5-8,16,18H,9-13H2,1-4H3,(H,22,27)(H,25,26). The van der Waals surface area contributed by atoms with Crippen molar-refractivity contribution >= 4 is 17.8 Å². The summed E-state index contributed by atoms with van der Waals surface area (Å²) in [7, 11) is 0. The number of hydrogen-bond acceptors (Lipinski definition) is 3. The number of nitrogens with one attached hydrogen (secondary N) is 1. The van der Waals surface area contributed by atoms with Crippen LogP contribution in [0.25, 0.3) is 0 Å². The van der Waals surface area contributed by atoms with E-state index in [0.717, 1.165) is 11.1 Å². The average Bonchev–Trinajstić information content (AvgIpc) is 2.60. The van der Waals surface area contributed by atoms with Gasteiger partial charge in [-0.1, -0.05) is 45.0 Å². The molecular weight excluding hydrogens is 344 g/mol. The van der Waals surface area contributed by atoms with Crippen molar-refractivity contribution in [3.05, 3.63) is 35.4 Å². The second kappa shape index (κ2) is 8.55. The van der Waals surface area contributed by atoms with Gasteiger partial charge in [0.05, 0.1) is 12.5 Å². The Kier molecular flexibility index (Phi) is 6.63. The van der Waals surface area contributed by atoms with Gasteiger partial charge in [-0.2, -0.15) is 0 Å². The van der Waals surface area contributed by atoms with Crippen molar-refractivity contribution in [1.82, 2.24) is 10.2 Å². The van der Waals surface area contributed by atoms with Gasteiger partial charge in [-0.05, 0) is 29.4 Å². The van der Waals surface area contributed by atoms with Crippen LogP contribution in [0, 0.1) is 5.92 Å². The first-order valence-corrected chi connectivity index (χ1v) is 9.46. The molecule has 1 aromatic rings. The zero-order valence-corrected chi connectivity index (χ0v) is 16.6. The summed E-state index contributed by atoms with van der Waals surface area (Å²) in [6.45, 7) is 9.02. The monoisotopic (exact) mass is 374 g/mol. The lowest BCUT2D eigenvalue weighted by Gasteiger charge is -2.31. The number of aliphatic carboxylic acids is 1. The smallest absolute Gasteiger partial charge is 0.305 e. The van der Waals surface area contributed by atoms with Crippen molar-refractivity contribution in [3.63, 3.8) is 0 Å². The number of piperidine rings is 1. The summed E-state index contributed by atoms with van der Waals surface area (Å²) in [6, 6.07) is 7.21. The van der Waals surface area contributed by atoms with Crippen LogP contribution in [0.5, 0.6) is 0 Å². The maximum atomic E-state index is 12.7. The van der Waals surface area contributed by atoms with Gasteiger partial charge in [0.1, 0.15) is 0 Å². The number of hydrogen-bond donors (Lipinski definition) is 2. The zero-order valence-electron chi connectivity index (χ0n) is 16.6. The predicted octanol–water partition coefficient (Wildman–Crippen LogP) is 2.87. The molecule has 6 nitrogen and oxygen atoms in total. The fourth-order valence-corrected chi connectivity index (χ4v) is 3.39. The van der Waals surface area contributed by atoms with Crippen molar-refractivity contribution in [2.45, 2.75) is 58.4 Å². The summed E-state index contributed by atoms with van der Waals surface area (Å²) in [4.78, 5) is 37.1. The second-order valence-corrected chi connectivity index (χ2v) is 8.31. The van der Waals surface area contributed by atoms with Gasteiger partial charge in [-0.3, -0.25) is 14.4 Å². The van der Waals surface area contributed by atoms with E-state index in [4.69, 9.17) is 0 Å². The molecule has 1 fully saturated rings. The van der Waals surface area contributed by atoms with Crippen molar-refractivity contribution in [3.8, 4) is 0 Å². The zero-order chi connectivity index (χ0) is 20.2. The van der Waals surface area contributed by atoms with E-state index in [1.54, 1.807) is 4.90 Å². The Bertz CT molecular complexity index is 683. The first kappa shape index (κ1) is 20.9. The van der Waals surface area contributed by atoms with Gasteiger partial charge < -0.3 is 15.3 Å². The lowest BCUT2D eigenvalue weighted by molar-refractivity contribution is -0.138. The molecule has 1 saturated heterocycles. The number of rotatable bonds is 5. The molecule has 1 unspecified atom stereocenters. The van der Waals surface area contributed by atoms with Crippen LogP contribution in [-0.2, 0) is 19.8 Å². The molecule has 148 valence electrons. The molecule has 1 aromatic carbocycles. The van der Waals surface area contributed by atoms with Crippen LogP contribution in [0.15, 0.2) is 24.3 Å². The summed E-state index contributed by atoms with van der Waals surface area (Å²) in [5.74, 6) is -1.25. The maximum absolute atomic E-state index is 12.7. The average molecular weight is 374 g/mol. The molecule has 1 heterocycles. The number of likely N-dealkylation sites (tertiary alicyclic amines) is 1. The molecule has 0 aliphatic carbocycles. The molecule has 2 amide bonds. The van der Waals surface area contributed by atoms with Crippen molar-refractivity contribution in [2.75, 3.05) is 13.1 Å². The Morgan fingerprint density at radius 3 is 2.15 bits per heavy atom. The summed E-state index contributed by atoms with van der Waals surface area (Å²) in [5, 5.41) is 12.2. The van der Waals surface area contributed by atoms with E-state index >= 15 is 0 Å². The Morgan fingerprint density at radius 2 is 1.70 bits per heavy atom. The highest BCUT2D eigenvalue weighted by atomic mass is 16.4. The van der Waals surface area contributed by atoms with Gasteiger partial charge >= 0.3 is 5.97 Å². The van der Waals surface area contributed by atoms with Crippen molar-refractivity contribution in [1.29, 1.82) is 0 Å². The predicted molar refractivity (Wildman–Crippen MR) is 103 cm³/mol. The highest BCUT2D eigenvalue weighted by Gasteiger charge is 2.28. The van der Waals surface area contributed by atoms with E-state index in [1.165, 1.54) is 6.92 Å². The van der Waals surface area contributed by atoms with E-state index in [-0.39, 0.29) is 29.6 Å². The van der Waals surface area contributed by atoms with Crippen LogP contribution in [0.3, 0.4) is 0 Å². The van der Waals surface area contributed by atoms with Crippen LogP contribution in [-0.4, -0.2) is 40.9 Å². The Balaban J connectivity index is 2.07. The van der Waals surface area contributed by atoms with Gasteiger partial charge in [-0.25, -0.2) is 0 Å². The number of nitrogens with zero attached hydrogens (tertiary/aromatic N) is 1. The van der Waals surface area contributed by atoms with Gasteiger partial charge in [-0.15, -0.1) is 0 Å². The first-order chi connectivity index (χ1) is 12.6. The van der Waals surface area contributed by atoms with Crippen LogP contribution in [0.1, 0.15) is 64.1 Å². The first-order valence-electron chi connectivity index (χ1n) is 9.46. The van der Waals surface area contributed by atoms with E-state index < -0.39 is 12.0 Å². The fourth-order valence-electron chi connectivity index (χ4n) is 3.39. The largest absolute Gasteiger partial charge is 0.481 e. The molecule has 0 bridgehead atoms. The van der Waals surface area contributed by atoms with Crippen molar-refractivity contribution < 1.29 is 19.5 Å². The van der Waals surface area contributed by atoms with Crippen LogP contribution in [0.4, 0.5) is 0 Å². The molecule has 1 aliphatic heterocycles. The normalized spacial score (nSPS) is 16.7. The van der Waals surface area contributed by atoms with Gasteiger partial charge in [0.2, 0.25) is 11.8 Å². The van der Waals surface area contributed by atoms with E-state index in [0.29, 0.717) is 25.9 Å². The third-order valence-corrected chi connectivity index (χ3v) is 5.19. The molecule has 0 spiro atoms. The highest BCUT2D eigenvalue weighted by molar-refractivity contribution is 5.81. The van der Waals surface area contributed by atoms with Gasteiger partial charge in [0, 0.05) is 25.9 Å². The molecule has 27 heavy (non-hydrogen) atoms. The number of carbonyl (C=O) groups is 3.